The van der Waals surface area contributed by atoms with Gasteiger partial charge in [0.2, 0.25) is 0 Å². The summed E-state index contributed by atoms with van der Waals surface area (Å²) in [6, 6.07) is 5.76. The minimum absolute atomic E-state index is 0.584. The summed E-state index contributed by atoms with van der Waals surface area (Å²) in [5.74, 6) is 3.03. The molecule has 1 aromatic carbocycles. The third-order valence-electron chi connectivity index (χ3n) is 2.16. The van der Waals surface area contributed by atoms with E-state index in [0.29, 0.717) is 5.56 Å². The van der Waals surface area contributed by atoms with E-state index in [9.17, 15) is 4.79 Å². The standard InChI is InChI=1S/C12H6INOS/c13-16-5-4-9-2-1-3-10-6-14-7-11(8-15)12(9)10/h1-3,6-8H. The molecule has 0 bridgehead atoms. The van der Waals surface area contributed by atoms with E-state index < -0.39 is 0 Å². The molecule has 0 spiro atoms. The van der Waals surface area contributed by atoms with Gasteiger partial charge in [0.1, 0.15) is 0 Å². The molecule has 0 aliphatic carbocycles. The number of halogens is 1. The number of rotatable bonds is 1. The van der Waals surface area contributed by atoms with Crippen LogP contribution in [0.4, 0.5) is 0 Å². The summed E-state index contributed by atoms with van der Waals surface area (Å²) in [4.78, 5) is 15.0. The third-order valence-corrected chi connectivity index (χ3v) is 3.00. The van der Waals surface area contributed by atoms with E-state index in [2.05, 4.69) is 37.4 Å². The largest absolute Gasteiger partial charge is 0.298 e. The topological polar surface area (TPSA) is 30.0 Å². The molecule has 4 heteroatoms. The first-order chi connectivity index (χ1) is 7.86. The van der Waals surface area contributed by atoms with Gasteiger partial charge in [-0.05, 0) is 20.3 Å². The van der Waals surface area contributed by atoms with Gasteiger partial charge in [-0.25, -0.2) is 0 Å². The van der Waals surface area contributed by atoms with Crippen LogP contribution in [0.5, 0.6) is 0 Å². The van der Waals surface area contributed by atoms with E-state index in [0.717, 1.165) is 22.6 Å². The number of carbonyl (C=O) groups excluding carboxylic acids is 1. The van der Waals surface area contributed by atoms with E-state index in [1.807, 2.05) is 18.2 Å². The fourth-order valence-electron chi connectivity index (χ4n) is 1.53. The van der Waals surface area contributed by atoms with Crippen molar-refractivity contribution in [1.29, 1.82) is 0 Å². The summed E-state index contributed by atoms with van der Waals surface area (Å²) in [6.07, 6.45) is 4.13. The second-order valence-corrected chi connectivity index (χ2v) is 4.73. The predicted molar refractivity (Wildman–Crippen MR) is 75.6 cm³/mol. The lowest BCUT2D eigenvalue weighted by molar-refractivity contribution is 0.112. The Balaban J connectivity index is 2.78. The van der Waals surface area contributed by atoms with Crippen molar-refractivity contribution in [2.24, 2.45) is 0 Å². The first-order valence-electron chi connectivity index (χ1n) is 4.47. The van der Waals surface area contributed by atoms with Gasteiger partial charge in [0, 0.05) is 55.5 Å². The molecular weight excluding hydrogens is 333 g/mol. The first-order valence-corrected chi connectivity index (χ1v) is 7.83. The first kappa shape index (κ1) is 11.4. The van der Waals surface area contributed by atoms with Crippen LogP contribution in [0.25, 0.3) is 10.8 Å². The molecule has 2 rings (SSSR count). The van der Waals surface area contributed by atoms with Crippen LogP contribution in [0.1, 0.15) is 15.9 Å². The molecule has 1 aromatic heterocycles. The Kier molecular flexibility index (Phi) is 3.80. The average Bonchev–Trinajstić information content (AvgIpc) is 2.35. The quantitative estimate of drug-likeness (QED) is 0.453. The Morgan fingerprint density at radius 3 is 3.00 bits per heavy atom. The molecule has 0 fully saturated rings. The maximum atomic E-state index is 11.0. The molecule has 0 saturated carbocycles. The molecule has 0 unspecified atom stereocenters. The number of hydrogen-bond donors (Lipinski definition) is 0. The second-order valence-electron chi connectivity index (χ2n) is 3.05. The molecule has 1 heterocycles. The summed E-state index contributed by atoms with van der Waals surface area (Å²) in [7, 11) is 1.42. The van der Waals surface area contributed by atoms with E-state index >= 15 is 0 Å². The van der Waals surface area contributed by atoms with Crippen LogP contribution in [-0.4, -0.2) is 11.3 Å². The number of fused-ring (bicyclic) bond motifs is 1. The highest BCUT2D eigenvalue weighted by atomic mass is 127. The van der Waals surface area contributed by atoms with Crippen molar-refractivity contribution in [3.63, 3.8) is 0 Å². The van der Waals surface area contributed by atoms with Gasteiger partial charge in [-0.1, -0.05) is 18.1 Å². The molecule has 2 nitrogen and oxygen atoms in total. The van der Waals surface area contributed by atoms with E-state index in [1.165, 1.54) is 8.93 Å². The Labute approximate surface area is 109 Å². The lowest BCUT2D eigenvalue weighted by Crippen LogP contribution is -1.89. The van der Waals surface area contributed by atoms with Crippen LogP contribution in [-0.2, 0) is 0 Å². The number of carbonyl (C=O) groups is 1. The fraction of sp³-hybridized carbons (Fsp3) is 0. The molecule has 0 aliphatic rings. The maximum Gasteiger partial charge on any atom is 0.152 e. The zero-order valence-electron chi connectivity index (χ0n) is 8.11. The molecule has 0 aliphatic heterocycles. The summed E-state index contributed by atoms with van der Waals surface area (Å²) in [6.45, 7) is 0. The molecule has 0 saturated heterocycles. The molecule has 78 valence electrons. The Hall–Kier alpha value is -1.06. The highest BCUT2D eigenvalue weighted by Gasteiger charge is 2.04. The summed E-state index contributed by atoms with van der Waals surface area (Å²) in [5, 5.41) is 4.74. The number of pyridine rings is 1. The van der Waals surface area contributed by atoms with Gasteiger partial charge in [-0.3, -0.25) is 9.78 Å². The normalized spacial score (nSPS) is 9.56. The SMILES string of the molecule is O=Cc1cncc2cccc(C#CSI)c12. The minimum Gasteiger partial charge on any atom is -0.298 e. The highest BCUT2D eigenvalue weighted by molar-refractivity contribution is 14.2. The van der Waals surface area contributed by atoms with E-state index in [-0.39, 0.29) is 0 Å². The number of hydrogen-bond acceptors (Lipinski definition) is 3. The predicted octanol–water partition coefficient (Wildman–Crippen LogP) is 3.44. The van der Waals surface area contributed by atoms with Gasteiger partial charge in [0.05, 0.1) is 0 Å². The number of aldehydes is 1. The monoisotopic (exact) mass is 339 g/mol. The zero-order chi connectivity index (χ0) is 11.4. The highest BCUT2D eigenvalue weighted by Crippen LogP contribution is 2.20. The van der Waals surface area contributed by atoms with E-state index in [4.69, 9.17) is 0 Å². The zero-order valence-corrected chi connectivity index (χ0v) is 11.1. The lowest BCUT2D eigenvalue weighted by atomic mass is 10.0. The van der Waals surface area contributed by atoms with Crippen LogP contribution in [0.3, 0.4) is 0 Å². The molecule has 0 atom stereocenters. The van der Waals surface area contributed by atoms with Crippen LogP contribution >= 0.6 is 30.1 Å². The Morgan fingerprint density at radius 1 is 1.38 bits per heavy atom. The van der Waals surface area contributed by atoms with Gasteiger partial charge in [-0.15, -0.1) is 0 Å². The van der Waals surface area contributed by atoms with Crippen molar-refractivity contribution in [3.05, 3.63) is 41.7 Å². The number of aromatic nitrogens is 1. The van der Waals surface area contributed by atoms with Crippen molar-refractivity contribution in [1.82, 2.24) is 4.98 Å². The van der Waals surface area contributed by atoms with Gasteiger partial charge in [0.15, 0.2) is 6.29 Å². The molecule has 2 aromatic rings. The second kappa shape index (κ2) is 5.32. The lowest BCUT2D eigenvalue weighted by Gasteiger charge is -2.02. The van der Waals surface area contributed by atoms with Crippen LogP contribution in [0, 0.1) is 11.2 Å². The average molecular weight is 339 g/mol. The summed E-state index contributed by atoms with van der Waals surface area (Å²) >= 11 is 2.12. The van der Waals surface area contributed by atoms with Crippen molar-refractivity contribution in [2.45, 2.75) is 0 Å². The van der Waals surface area contributed by atoms with Crippen molar-refractivity contribution >= 4 is 47.2 Å². The van der Waals surface area contributed by atoms with Crippen molar-refractivity contribution < 1.29 is 4.79 Å². The molecule has 0 amide bonds. The Bertz CT molecular complexity index is 595. The summed E-state index contributed by atoms with van der Waals surface area (Å²) in [5.41, 5.74) is 1.45. The van der Waals surface area contributed by atoms with E-state index in [1.54, 1.807) is 12.4 Å². The van der Waals surface area contributed by atoms with Crippen LogP contribution in [0.15, 0.2) is 30.6 Å². The summed E-state index contributed by atoms with van der Waals surface area (Å²) < 4.78 is 0. The molecule has 0 N–H and O–H groups in total. The van der Waals surface area contributed by atoms with Gasteiger partial charge in [0.25, 0.3) is 0 Å². The molecular formula is C12H6INOS. The van der Waals surface area contributed by atoms with Gasteiger partial charge in [-0.2, -0.15) is 0 Å². The molecule has 16 heavy (non-hydrogen) atoms. The van der Waals surface area contributed by atoms with Crippen LogP contribution < -0.4 is 0 Å². The van der Waals surface area contributed by atoms with Gasteiger partial charge >= 0.3 is 0 Å². The van der Waals surface area contributed by atoms with Crippen molar-refractivity contribution in [3.8, 4) is 11.2 Å². The number of benzene rings is 1. The maximum absolute atomic E-state index is 11.0. The van der Waals surface area contributed by atoms with Gasteiger partial charge < -0.3 is 0 Å². The smallest absolute Gasteiger partial charge is 0.152 e. The molecule has 0 radical (unpaired) electrons. The van der Waals surface area contributed by atoms with Crippen molar-refractivity contribution in [2.75, 3.05) is 0 Å². The Morgan fingerprint density at radius 2 is 2.25 bits per heavy atom. The minimum atomic E-state index is 0.584. The number of nitrogens with zero attached hydrogens (tertiary/aromatic N) is 1. The fourth-order valence-corrected chi connectivity index (χ4v) is 2.01. The van der Waals surface area contributed by atoms with Crippen LogP contribution in [0.2, 0.25) is 0 Å². The third kappa shape index (κ3) is 2.20.